The molecule has 3 rings (SSSR count). The van der Waals surface area contributed by atoms with Gasteiger partial charge in [0.2, 0.25) is 11.8 Å². The predicted molar refractivity (Wildman–Crippen MR) is 89.1 cm³/mol. The summed E-state index contributed by atoms with van der Waals surface area (Å²) in [5.41, 5.74) is 0.999. The maximum atomic E-state index is 12.2. The molecule has 1 aliphatic carbocycles. The third kappa shape index (κ3) is 3.77. The highest BCUT2D eigenvalue weighted by molar-refractivity contribution is 9.10. The molecule has 0 aromatic heterocycles. The van der Waals surface area contributed by atoms with Crippen LogP contribution in [0.5, 0.6) is 0 Å². The summed E-state index contributed by atoms with van der Waals surface area (Å²) in [6.07, 6.45) is 5.51. The van der Waals surface area contributed by atoms with Crippen molar-refractivity contribution in [3.05, 3.63) is 40.4 Å². The average molecular weight is 363 g/mol. The van der Waals surface area contributed by atoms with Gasteiger partial charge in [-0.25, -0.2) is 0 Å². The van der Waals surface area contributed by atoms with Crippen LogP contribution in [0.3, 0.4) is 0 Å². The first-order valence-corrected chi connectivity index (χ1v) is 8.44. The van der Waals surface area contributed by atoms with E-state index in [1.807, 2.05) is 40.1 Å². The van der Waals surface area contributed by atoms with Crippen molar-refractivity contribution >= 4 is 33.8 Å². The van der Waals surface area contributed by atoms with Gasteiger partial charge in [-0.2, -0.15) is 0 Å². The lowest BCUT2D eigenvalue weighted by atomic mass is 10.2. The van der Waals surface area contributed by atoms with Crippen molar-refractivity contribution in [3.63, 3.8) is 0 Å². The van der Waals surface area contributed by atoms with E-state index < -0.39 is 0 Å². The average Bonchev–Trinajstić information content (AvgIpc) is 3.38. The fourth-order valence-corrected chi connectivity index (χ4v) is 2.85. The van der Waals surface area contributed by atoms with E-state index in [0.29, 0.717) is 26.2 Å². The molecule has 0 atom stereocenters. The van der Waals surface area contributed by atoms with Crippen LogP contribution in [0.25, 0.3) is 6.08 Å². The Labute approximate surface area is 138 Å². The molecule has 0 unspecified atom stereocenters. The second-order valence-corrected chi connectivity index (χ2v) is 6.73. The van der Waals surface area contributed by atoms with Crippen molar-refractivity contribution in [2.24, 2.45) is 5.92 Å². The number of amides is 2. The number of carbonyl (C=O) groups excluding carboxylic acids is 2. The molecule has 2 fully saturated rings. The lowest BCUT2D eigenvalue weighted by Gasteiger charge is -2.34. The molecule has 4 nitrogen and oxygen atoms in total. The largest absolute Gasteiger partial charge is 0.339 e. The Balaban J connectivity index is 1.51. The molecule has 1 aromatic carbocycles. The summed E-state index contributed by atoms with van der Waals surface area (Å²) in [5.74, 6) is 0.554. The van der Waals surface area contributed by atoms with Crippen molar-refractivity contribution in [1.29, 1.82) is 0 Å². The number of benzene rings is 1. The van der Waals surface area contributed by atoms with Gasteiger partial charge >= 0.3 is 0 Å². The van der Waals surface area contributed by atoms with Crippen LogP contribution in [0.4, 0.5) is 0 Å². The van der Waals surface area contributed by atoms with E-state index in [9.17, 15) is 9.59 Å². The zero-order chi connectivity index (χ0) is 15.5. The topological polar surface area (TPSA) is 40.6 Å². The Morgan fingerprint density at radius 2 is 1.59 bits per heavy atom. The van der Waals surface area contributed by atoms with Crippen LogP contribution in [0, 0.1) is 5.92 Å². The third-order valence-corrected chi connectivity index (χ3v) is 4.65. The quantitative estimate of drug-likeness (QED) is 0.775. The van der Waals surface area contributed by atoms with Gasteiger partial charge in [0.05, 0.1) is 0 Å². The van der Waals surface area contributed by atoms with Gasteiger partial charge in [0.25, 0.3) is 0 Å². The van der Waals surface area contributed by atoms with Crippen molar-refractivity contribution in [2.45, 2.75) is 12.8 Å². The van der Waals surface area contributed by atoms with Gasteiger partial charge in [-0.3, -0.25) is 9.59 Å². The van der Waals surface area contributed by atoms with Crippen LogP contribution in [-0.2, 0) is 9.59 Å². The summed E-state index contributed by atoms with van der Waals surface area (Å²) in [6, 6.07) is 7.82. The van der Waals surface area contributed by atoms with Crippen molar-refractivity contribution in [3.8, 4) is 0 Å². The van der Waals surface area contributed by atoms with E-state index in [2.05, 4.69) is 15.9 Å². The SMILES string of the molecule is O=C(/C=C/c1ccc(Br)cc1)N1CCN(C(=O)C2CC2)CC1. The molecule has 1 aromatic rings. The molecule has 0 N–H and O–H groups in total. The van der Waals surface area contributed by atoms with Gasteiger partial charge in [0.15, 0.2) is 0 Å². The molecule has 1 saturated heterocycles. The van der Waals surface area contributed by atoms with Crippen molar-refractivity contribution < 1.29 is 9.59 Å². The van der Waals surface area contributed by atoms with E-state index in [4.69, 9.17) is 0 Å². The van der Waals surface area contributed by atoms with E-state index in [1.54, 1.807) is 6.08 Å². The molecule has 5 heteroatoms. The van der Waals surface area contributed by atoms with Crippen LogP contribution in [0.2, 0.25) is 0 Å². The lowest BCUT2D eigenvalue weighted by molar-refractivity contribution is -0.138. The smallest absolute Gasteiger partial charge is 0.246 e. The molecule has 1 heterocycles. The minimum atomic E-state index is 0.0152. The Bertz CT molecular complexity index is 585. The molecular formula is C17H19BrN2O2. The fourth-order valence-electron chi connectivity index (χ4n) is 2.58. The van der Waals surface area contributed by atoms with Crippen molar-refractivity contribution in [1.82, 2.24) is 9.80 Å². The number of nitrogens with zero attached hydrogens (tertiary/aromatic N) is 2. The second-order valence-electron chi connectivity index (χ2n) is 5.81. The van der Waals surface area contributed by atoms with Crippen LogP contribution in [0.15, 0.2) is 34.8 Å². The minimum absolute atomic E-state index is 0.0152. The summed E-state index contributed by atoms with van der Waals surface area (Å²) in [5, 5.41) is 0. The molecule has 0 spiro atoms. The highest BCUT2D eigenvalue weighted by Gasteiger charge is 2.34. The van der Waals surface area contributed by atoms with E-state index in [0.717, 1.165) is 22.9 Å². The first-order valence-electron chi connectivity index (χ1n) is 7.65. The van der Waals surface area contributed by atoms with Gasteiger partial charge in [0.1, 0.15) is 0 Å². The molecule has 2 aliphatic rings. The first-order chi connectivity index (χ1) is 10.6. The van der Waals surface area contributed by atoms with E-state index >= 15 is 0 Å². The fraction of sp³-hybridized carbons (Fsp3) is 0.412. The van der Waals surface area contributed by atoms with Gasteiger partial charge in [-0.05, 0) is 36.6 Å². The van der Waals surface area contributed by atoms with Gasteiger partial charge in [0, 0.05) is 42.6 Å². The number of hydrogen-bond donors (Lipinski definition) is 0. The summed E-state index contributed by atoms with van der Waals surface area (Å²) < 4.78 is 1.02. The molecule has 0 radical (unpaired) electrons. The number of hydrogen-bond acceptors (Lipinski definition) is 2. The lowest BCUT2D eigenvalue weighted by Crippen LogP contribution is -2.50. The Morgan fingerprint density at radius 1 is 1.00 bits per heavy atom. The van der Waals surface area contributed by atoms with Crippen LogP contribution >= 0.6 is 15.9 Å². The summed E-state index contributed by atoms with van der Waals surface area (Å²) >= 11 is 3.39. The normalized spacial score (nSPS) is 18.8. The zero-order valence-corrected chi connectivity index (χ0v) is 14.0. The second kappa shape index (κ2) is 6.65. The number of piperazine rings is 1. The molecule has 1 saturated carbocycles. The molecule has 116 valence electrons. The number of carbonyl (C=O) groups is 2. The molecule has 2 amide bonds. The molecular weight excluding hydrogens is 344 g/mol. The molecule has 1 aliphatic heterocycles. The van der Waals surface area contributed by atoms with Crippen LogP contribution < -0.4 is 0 Å². The molecule has 0 bridgehead atoms. The van der Waals surface area contributed by atoms with E-state index in [1.165, 1.54) is 0 Å². The highest BCUT2D eigenvalue weighted by atomic mass is 79.9. The highest BCUT2D eigenvalue weighted by Crippen LogP contribution is 2.31. The van der Waals surface area contributed by atoms with Crippen LogP contribution in [-0.4, -0.2) is 47.8 Å². The van der Waals surface area contributed by atoms with E-state index in [-0.39, 0.29) is 17.7 Å². The Morgan fingerprint density at radius 3 is 2.18 bits per heavy atom. The van der Waals surface area contributed by atoms with Crippen molar-refractivity contribution in [2.75, 3.05) is 26.2 Å². The first kappa shape index (κ1) is 15.3. The van der Waals surface area contributed by atoms with Gasteiger partial charge in [-0.1, -0.05) is 28.1 Å². The summed E-state index contributed by atoms with van der Waals surface area (Å²) in [7, 11) is 0. The maximum absolute atomic E-state index is 12.2. The van der Waals surface area contributed by atoms with Crippen LogP contribution in [0.1, 0.15) is 18.4 Å². The Kier molecular flexibility index (Phi) is 4.62. The summed E-state index contributed by atoms with van der Waals surface area (Å²) in [4.78, 5) is 27.9. The van der Waals surface area contributed by atoms with Gasteiger partial charge < -0.3 is 9.80 Å². The minimum Gasteiger partial charge on any atom is -0.339 e. The monoisotopic (exact) mass is 362 g/mol. The molecule has 22 heavy (non-hydrogen) atoms. The maximum Gasteiger partial charge on any atom is 0.246 e. The number of halogens is 1. The van der Waals surface area contributed by atoms with Gasteiger partial charge in [-0.15, -0.1) is 0 Å². The standard InChI is InChI=1S/C17H19BrN2O2/c18-15-6-1-13(2-7-15)3-8-16(21)19-9-11-20(12-10-19)17(22)14-4-5-14/h1-3,6-8,14H,4-5,9-12H2/b8-3+. The number of rotatable bonds is 3. The third-order valence-electron chi connectivity index (χ3n) is 4.12. The zero-order valence-electron chi connectivity index (χ0n) is 12.4. The predicted octanol–water partition coefficient (Wildman–Crippen LogP) is 2.54. The Hall–Kier alpha value is -1.62. The summed E-state index contributed by atoms with van der Waals surface area (Å²) in [6.45, 7) is 2.57.